The molecule has 2 aromatic carbocycles. The maximum atomic E-state index is 14.0. The third kappa shape index (κ3) is 4.62. The number of hydrogen-bond acceptors (Lipinski definition) is 2. The van der Waals surface area contributed by atoms with Crippen molar-refractivity contribution in [3.8, 4) is 11.1 Å². The van der Waals surface area contributed by atoms with E-state index in [-0.39, 0.29) is 17.8 Å². The molecule has 8 heteroatoms. The molecule has 162 valence electrons. The van der Waals surface area contributed by atoms with Crippen LogP contribution in [0.2, 0.25) is 5.02 Å². The molecule has 31 heavy (non-hydrogen) atoms. The quantitative estimate of drug-likeness (QED) is 0.539. The number of morpholine rings is 1. The predicted molar refractivity (Wildman–Crippen MR) is 112 cm³/mol. The molecule has 1 aromatic heterocycles. The lowest BCUT2D eigenvalue weighted by Gasteiger charge is -2.28. The van der Waals surface area contributed by atoms with Crippen LogP contribution in [0.4, 0.5) is 13.2 Å². The minimum Gasteiger partial charge on any atom is -0.378 e. The summed E-state index contributed by atoms with van der Waals surface area (Å²) in [5.74, 6) is -0.445. The molecule has 0 unspecified atom stereocenters. The van der Waals surface area contributed by atoms with E-state index in [0.717, 1.165) is 10.6 Å². The van der Waals surface area contributed by atoms with Crippen LogP contribution < -0.4 is 0 Å². The van der Waals surface area contributed by atoms with Crippen LogP contribution in [0.25, 0.3) is 11.1 Å². The number of nitrogens with zero attached hydrogens (tertiary/aromatic N) is 2. The number of amides is 1. The molecule has 0 atom stereocenters. The molecule has 1 aliphatic rings. The number of carbonyl (C=O) groups excluding carboxylic acids is 1. The maximum absolute atomic E-state index is 14.0. The van der Waals surface area contributed by atoms with Crippen molar-refractivity contribution >= 4 is 17.5 Å². The first-order chi connectivity index (χ1) is 14.8. The summed E-state index contributed by atoms with van der Waals surface area (Å²) in [7, 11) is 0. The zero-order chi connectivity index (χ0) is 22.0. The highest BCUT2D eigenvalue weighted by Gasteiger charge is 2.39. The highest BCUT2D eigenvalue weighted by atomic mass is 35.5. The molecule has 1 fully saturated rings. The summed E-state index contributed by atoms with van der Waals surface area (Å²) in [6, 6.07) is 16.3. The van der Waals surface area contributed by atoms with Crippen LogP contribution in [0.3, 0.4) is 0 Å². The van der Waals surface area contributed by atoms with Crippen LogP contribution in [0.15, 0.2) is 60.7 Å². The van der Waals surface area contributed by atoms with Crippen molar-refractivity contribution in [2.45, 2.75) is 12.7 Å². The molecule has 0 aliphatic carbocycles. The summed E-state index contributed by atoms with van der Waals surface area (Å²) in [4.78, 5) is 15.0. The fraction of sp³-hybridized carbons (Fsp3) is 0.261. The van der Waals surface area contributed by atoms with Gasteiger partial charge in [0.1, 0.15) is 11.4 Å². The summed E-state index contributed by atoms with van der Waals surface area (Å²) in [6.45, 7) is 1.29. The number of ether oxygens (including phenoxy) is 1. The summed E-state index contributed by atoms with van der Waals surface area (Å²) in [5, 5.41) is 0.463. The number of aromatic nitrogens is 1. The lowest BCUT2D eigenvalue weighted by molar-refractivity contribution is -0.143. The lowest BCUT2D eigenvalue weighted by Crippen LogP contribution is -2.41. The number of alkyl halides is 3. The van der Waals surface area contributed by atoms with Gasteiger partial charge in [0, 0.05) is 30.2 Å². The van der Waals surface area contributed by atoms with Crippen LogP contribution in [-0.2, 0) is 17.5 Å². The van der Waals surface area contributed by atoms with Crippen molar-refractivity contribution < 1.29 is 22.7 Å². The van der Waals surface area contributed by atoms with E-state index >= 15 is 0 Å². The van der Waals surface area contributed by atoms with Crippen molar-refractivity contribution in [3.05, 3.63) is 82.6 Å². The highest BCUT2D eigenvalue weighted by molar-refractivity contribution is 6.30. The van der Waals surface area contributed by atoms with Crippen LogP contribution in [0, 0.1) is 0 Å². The SMILES string of the molecule is O=C(c1c(-c2ccc(Cl)cc2)cc(C(F)(F)F)n1Cc1ccccc1)N1CCOCC1. The van der Waals surface area contributed by atoms with Gasteiger partial charge in [-0.25, -0.2) is 0 Å². The largest absolute Gasteiger partial charge is 0.431 e. The van der Waals surface area contributed by atoms with Gasteiger partial charge in [0.05, 0.1) is 13.2 Å². The minimum atomic E-state index is -4.63. The second kappa shape index (κ2) is 8.77. The molecular weight excluding hydrogens is 429 g/mol. The monoisotopic (exact) mass is 448 g/mol. The molecule has 4 nitrogen and oxygen atoms in total. The summed E-state index contributed by atoms with van der Waals surface area (Å²) >= 11 is 5.97. The molecule has 2 heterocycles. The molecule has 0 radical (unpaired) electrons. The molecule has 1 amide bonds. The average Bonchev–Trinajstić information content (AvgIpc) is 3.14. The van der Waals surface area contributed by atoms with E-state index in [1.807, 2.05) is 0 Å². The Kier molecular flexibility index (Phi) is 6.07. The number of hydrogen-bond donors (Lipinski definition) is 0. The molecule has 0 saturated carbocycles. The van der Waals surface area contributed by atoms with Crippen LogP contribution in [0.5, 0.6) is 0 Å². The molecule has 1 aliphatic heterocycles. The van der Waals surface area contributed by atoms with Crippen LogP contribution in [0.1, 0.15) is 21.7 Å². The fourth-order valence-electron chi connectivity index (χ4n) is 3.71. The topological polar surface area (TPSA) is 34.5 Å². The van der Waals surface area contributed by atoms with E-state index in [1.54, 1.807) is 59.5 Å². The highest BCUT2D eigenvalue weighted by Crippen LogP contribution is 2.38. The molecule has 0 spiro atoms. The van der Waals surface area contributed by atoms with Crippen molar-refractivity contribution in [1.29, 1.82) is 0 Å². The third-order valence-electron chi connectivity index (χ3n) is 5.23. The zero-order valence-corrected chi connectivity index (χ0v) is 17.3. The third-order valence-corrected chi connectivity index (χ3v) is 5.48. The maximum Gasteiger partial charge on any atom is 0.431 e. The Morgan fingerprint density at radius 3 is 2.26 bits per heavy atom. The van der Waals surface area contributed by atoms with E-state index in [2.05, 4.69) is 0 Å². The Bertz CT molecular complexity index is 1060. The lowest BCUT2D eigenvalue weighted by atomic mass is 10.0. The Balaban J connectivity index is 1.91. The van der Waals surface area contributed by atoms with Gasteiger partial charge in [-0.05, 0) is 29.3 Å². The van der Waals surface area contributed by atoms with Gasteiger partial charge in [-0.15, -0.1) is 0 Å². The van der Waals surface area contributed by atoms with E-state index < -0.39 is 17.8 Å². The number of carbonyl (C=O) groups is 1. The van der Waals surface area contributed by atoms with E-state index in [1.165, 1.54) is 0 Å². The second-order valence-electron chi connectivity index (χ2n) is 7.27. The van der Waals surface area contributed by atoms with E-state index in [0.29, 0.717) is 42.5 Å². The standard InChI is InChI=1S/C23H20ClF3N2O2/c24-18-8-6-17(7-9-18)19-14-20(23(25,26)27)29(15-16-4-2-1-3-5-16)21(19)22(30)28-10-12-31-13-11-28/h1-9,14H,10-13,15H2. The minimum absolute atomic E-state index is 0.0143. The van der Waals surface area contributed by atoms with Gasteiger partial charge >= 0.3 is 6.18 Å². The van der Waals surface area contributed by atoms with Crippen molar-refractivity contribution in [3.63, 3.8) is 0 Å². The molecule has 0 N–H and O–H groups in total. The van der Waals surface area contributed by atoms with Crippen LogP contribution >= 0.6 is 11.6 Å². The first-order valence-corrected chi connectivity index (χ1v) is 10.2. The van der Waals surface area contributed by atoms with Gasteiger partial charge in [0.25, 0.3) is 5.91 Å². The van der Waals surface area contributed by atoms with Gasteiger partial charge in [0.15, 0.2) is 0 Å². The molecule has 0 bridgehead atoms. The smallest absolute Gasteiger partial charge is 0.378 e. The molecule has 4 rings (SSSR count). The van der Waals surface area contributed by atoms with Crippen molar-refractivity contribution in [2.75, 3.05) is 26.3 Å². The first-order valence-electron chi connectivity index (χ1n) is 9.82. The Morgan fingerprint density at radius 2 is 1.65 bits per heavy atom. The fourth-order valence-corrected chi connectivity index (χ4v) is 3.84. The molecule has 1 saturated heterocycles. The Labute approximate surface area is 182 Å². The average molecular weight is 449 g/mol. The van der Waals surface area contributed by atoms with Gasteiger partial charge in [-0.3, -0.25) is 4.79 Å². The summed E-state index contributed by atoms with van der Waals surface area (Å²) in [5.41, 5.74) is 0.551. The van der Waals surface area contributed by atoms with E-state index in [4.69, 9.17) is 16.3 Å². The number of halogens is 4. The normalized spacial score (nSPS) is 14.6. The number of rotatable bonds is 4. The molecular formula is C23H20ClF3N2O2. The van der Waals surface area contributed by atoms with Crippen molar-refractivity contribution in [1.82, 2.24) is 9.47 Å². The van der Waals surface area contributed by atoms with Gasteiger partial charge < -0.3 is 14.2 Å². The Hall–Kier alpha value is -2.77. The van der Waals surface area contributed by atoms with Gasteiger partial charge in [0.2, 0.25) is 0 Å². The van der Waals surface area contributed by atoms with Gasteiger partial charge in [-0.1, -0.05) is 54.1 Å². The van der Waals surface area contributed by atoms with Gasteiger partial charge in [-0.2, -0.15) is 13.2 Å². The van der Waals surface area contributed by atoms with E-state index in [9.17, 15) is 18.0 Å². The number of benzene rings is 2. The predicted octanol–water partition coefficient (Wildman–Crippen LogP) is 5.35. The van der Waals surface area contributed by atoms with Crippen molar-refractivity contribution in [2.24, 2.45) is 0 Å². The first kappa shape index (κ1) is 21.5. The summed E-state index contributed by atoms with van der Waals surface area (Å²) in [6.07, 6.45) is -4.63. The van der Waals surface area contributed by atoms with Crippen LogP contribution in [-0.4, -0.2) is 41.7 Å². The Morgan fingerprint density at radius 1 is 1.00 bits per heavy atom. The molecule has 3 aromatic rings. The zero-order valence-electron chi connectivity index (χ0n) is 16.5. The second-order valence-corrected chi connectivity index (χ2v) is 7.71. The summed E-state index contributed by atoms with van der Waals surface area (Å²) < 4.78 is 48.5.